The highest BCUT2D eigenvalue weighted by molar-refractivity contribution is 7.96. The predicted octanol–water partition coefficient (Wildman–Crippen LogP) is 4.94. The second kappa shape index (κ2) is 9.81. The summed E-state index contributed by atoms with van der Waals surface area (Å²) in [6.07, 6.45) is 7.55. The Morgan fingerprint density at radius 2 is 1.98 bits per heavy atom. The Hall–Kier alpha value is -2.49. The van der Waals surface area contributed by atoms with Crippen LogP contribution in [0.3, 0.4) is 0 Å². The lowest BCUT2D eigenvalue weighted by molar-refractivity contribution is -0.196. The molecule has 1 aromatic carbocycles. The third kappa shape index (κ3) is 3.95. The third-order valence-electron chi connectivity index (χ3n) is 10.8. The number of benzene rings is 1. The van der Waals surface area contributed by atoms with Crippen molar-refractivity contribution >= 4 is 29.8 Å². The number of allylic oxidation sites excluding steroid dienone is 1. The number of hydrogen-bond donors (Lipinski definition) is 2. The van der Waals surface area contributed by atoms with E-state index in [1.807, 2.05) is 17.8 Å². The number of rotatable bonds is 6. The zero-order valence-electron chi connectivity index (χ0n) is 23.2. The van der Waals surface area contributed by atoms with Crippen LogP contribution in [-0.4, -0.2) is 51.4 Å². The van der Waals surface area contributed by atoms with Gasteiger partial charge in [0.05, 0.1) is 36.7 Å². The van der Waals surface area contributed by atoms with Crippen molar-refractivity contribution in [2.75, 3.05) is 13.7 Å². The second-order valence-electron chi connectivity index (χ2n) is 12.6. The van der Waals surface area contributed by atoms with Crippen molar-refractivity contribution in [2.24, 2.45) is 28.6 Å². The molecule has 1 N–H and O–H groups in total. The SMILES string of the molecule is COCCC(=O)O[C@]1(C(=O)S)CC[C@H]2[C@@H]3CCC4=Cc5c(cnn5-c5ccc(F)cc5)C[C@]4(C)[C@H]3[C@@H](O)C[C@@]21C. The molecule has 0 radical (unpaired) electrons. The fourth-order valence-corrected chi connectivity index (χ4v) is 9.37. The van der Waals surface area contributed by atoms with Gasteiger partial charge in [-0.25, -0.2) is 9.07 Å². The first kappa shape index (κ1) is 27.7. The van der Waals surface area contributed by atoms with Gasteiger partial charge in [0.25, 0.3) is 0 Å². The molecule has 0 aliphatic heterocycles. The number of fused-ring (bicyclic) bond motifs is 6. The van der Waals surface area contributed by atoms with E-state index in [0.29, 0.717) is 12.8 Å². The van der Waals surface area contributed by atoms with Crippen LogP contribution in [0.4, 0.5) is 4.39 Å². The fourth-order valence-electron chi connectivity index (χ4n) is 8.95. The minimum atomic E-state index is -1.36. The van der Waals surface area contributed by atoms with Crippen LogP contribution < -0.4 is 0 Å². The lowest BCUT2D eigenvalue weighted by atomic mass is 9.45. The average Bonchev–Trinajstić information content (AvgIpc) is 3.44. The summed E-state index contributed by atoms with van der Waals surface area (Å²) in [5.74, 6) is -0.456. The van der Waals surface area contributed by atoms with Crippen molar-refractivity contribution in [1.29, 1.82) is 0 Å². The summed E-state index contributed by atoms with van der Waals surface area (Å²) in [6, 6.07) is 6.34. The number of methoxy groups -OCH3 is 1. The molecule has 0 bridgehead atoms. The Balaban J connectivity index is 1.32. The van der Waals surface area contributed by atoms with Crippen LogP contribution in [0.5, 0.6) is 0 Å². The van der Waals surface area contributed by atoms with Crippen molar-refractivity contribution < 1.29 is 28.6 Å². The number of aromatic nitrogens is 2. The average molecular weight is 569 g/mol. The van der Waals surface area contributed by atoms with Crippen LogP contribution in [0.15, 0.2) is 36.0 Å². The molecule has 0 saturated heterocycles. The molecule has 3 saturated carbocycles. The van der Waals surface area contributed by atoms with E-state index in [1.54, 1.807) is 12.1 Å². The Morgan fingerprint density at radius 1 is 1.23 bits per heavy atom. The van der Waals surface area contributed by atoms with Crippen LogP contribution in [0, 0.1) is 34.4 Å². The maximum atomic E-state index is 13.5. The Kier molecular flexibility index (Phi) is 6.78. The molecule has 3 fully saturated rings. The molecule has 6 rings (SSSR count). The van der Waals surface area contributed by atoms with Crippen LogP contribution in [0.1, 0.15) is 63.6 Å². The van der Waals surface area contributed by atoms with Gasteiger partial charge in [0, 0.05) is 12.5 Å². The van der Waals surface area contributed by atoms with Gasteiger partial charge in [-0.1, -0.05) is 19.4 Å². The zero-order valence-corrected chi connectivity index (χ0v) is 24.1. The van der Waals surface area contributed by atoms with Gasteiger partial charge in [-0.3, -0.25) is 9.59 Å². The molecule has 1 aromatic heterocycles. The van der Waals surface area contributed by atoms with Crippen LogP contribution in [0.2, 0.25) is 0 Å². The minimum absolute atomic E-state index is 0.00269. The Bertz CT molecular complexity index is 1370. The standard InChI is InChI=1S/C31H37FN2O5S/c1-29-15-18-17-33-34(21-7-5-20(32)6-8-21)24(18)14-19(29)4-9-22-23-10-12-31(28(37)40,39-26(36)11-13-38-3)30(23,2)16-25(35)27(22)29/h5-8,14,17,22-23,25,27,35H,4,9-13,15-16H2,1-3H3,(H,37,40)/t22-,23-,25-,27+,29-,30-,31-/m0/s1. The lowest BCUT2D eigenvalue weighted by Gasteiger charge is -2.60. The largest absolute Gasteiger partial charge is 0.449 e. The number of ether oxygens (including phenoxy) is 2. The number of esters is 1. The van der Waals surface area contributed by atoms with Crippen molar-refractivity contribution in [3.63, 3.8) is 0 Å². The van der Waals surface area contributed by atoms with E-state index in [4.69, 9.17) is 9.47 Å². The van der Waals surface area contributed by atoms with Crippen LogP contribution in [0.25, 0.3) is 11.8 Å². The Morgan fingerprint density at radius 3 is 2.67 bits per heavy atom. The van der Waals surface area contributed by atoms with E-state index >= 15 is 0 Å². The molecular formula is C31H37FN2O5S. The van der Waals surface area contributed by atoms with Gasteiger partial charge >= 0.3 is 5.97 Å². The van der Waals surface area contributed by atoms with E-state index in [9.17, 15) is 19.1 Å². The van der Waals surface area contributed by atoms with Gasteiger partial charge in [0.15, 0.2) is 5.60 Å². The third-order valence-corrected chi connectivity index (χ3v) is 11.1. The van der Waals surface area contributed by atoms with Gasteiger partial charge in [-0.15, -0.1) is 12.6 Å². The van der Waals surface area contributed by atoms with Crippen LogP contribution in [-0.2, 0) is 25.5 Å². The topological polar surface area (TPSA) is 90.7 Å². The van der Waals surface area contributed by atoms with Crippen molar-refractivity contribution in [3.05, 3.63) is 53.1 Å². The van der Waals surface area contributed by atoms with Gasteiger partial charge in [0.2, 0.25) is 5.12 Å². The maximum absolute atomic E-state index is 13.5. The van der Waals surface area contributed by atoms with Gasteiger partial charge in [-0.2, -0.15) is 5.10 Å². The number of carbonyl (C=O) groups excluding carboxylic acids is 2. The lowest BCUT2D eigenvalue weighted by Crippen LogP contribution is -2.62. The van der Waals surface area contributed by atoms with E-state index < -0.39 is 28.2 Å². The fraction of sp³-hybridized carbons (Fsp3) is 0.581. The normalized spacial score (nSPS) is 36.1. The molecule has 9 heteroatoms. The molecule has 2 aromatic rings. The highest BCUT2D eigenvalue weighted by Gasteiger charge is 2.70. The van der Waals surface area contributed by atoms with Crippen molar-refractivity contribution in [2.45, 2.75) is 70.5 Å². The molecule has 7 nitrogen and oxygen atoms in total. The molecule has 4 aliphatic rings. The molecule has 0 spiro atoms. The monoisotopic (exact) mass is 568 g/mol. The first-order valence-electron chi connectivity index (χ1n) is 14.2. The molecule has 0 unspecified atom stereocenters. The molecule has 4 aliphatic carbocycles. The summed E-state index contributed by atoms with van der Waals surface area (Å²) in [5.41, 5.74) is 1.90. The molecule has 0 amide bonds. The highest BCUT2D eigenvalue weighted by Crippen LogP contribution is 2.68. The summed E-state index contributed by atoms with van der Waals surface area (Å²) in [4.78, 5) is 25.8. The van der Waals surface area contributed by atoms with E-state index in [-0.39, 0.29) is 42.0 Å². The van der Waals surface area contributed by atoms with E-state index in [0.717, 1.165) is 42.6 Å². The second-order valence-corrected chi connectivity index (χ2v) is 13.0. The number of halogens is 1. The van der Waals surface area contributed by atoms with Gasteiger partial charge in [-0.05, 0) is 97.6 Å². The van der Waals surface area contributed by atoms with Crippen molar-refractivity contribution in [1.82, 2.24) is 9.78 Å². The molecular weight excluding hydrogens is 531 g/mol. The minimum Gasteiger partial charge on any atom is -0.449 e. The number of carbonyl (C=O) groups is 2. The number of nitrogens with zero attached hydrogens (tertiary/aromatic N) is 2. The summed E-state index contributed by atoms with van der Waals surface area (Å²) in [5, 5.41) is 16.1. The summed E-state index contributed by atoms with van der Waals surface area (Å²) in [7, 11) is 1.52. The number of thiol groups is 1. The molecule has 1 heterocycles. The maximum Gasteiger partial charge on any atom is 0.309 e. The smallest absolute Gasteiger partial charge is 0.309 e. The summed E-state index contributed by atoms with van der Waals surface area (Å²) < 4.78 is 26.4. The summed E-state index contributed by atoms with van der Waals surface area (Å²) in [6.45, 7) is 4.49. The van der Waals surface area contributed by atoms with Gasteiger partial charge < -0.3 is 14.6 Å². The first-order valence-corrected chi connectivity index (χ1v) is 14.6. The number of aliphatic hydroxyl groups is 1. The predicted molar refractivity (Wildman–Crippen MR) is 150 cm³/mol. The molecule has 7 atom stereocenters. The zero-order chi connectivity index (χ0) is 28.4. The highest BCUT2D eigenvalue weighted by atomic mass is 32.1. The van der Waals surface area contributed by atoms with Crippen LogP contribution >= 0.6 is 12.6 Å². The molecule has 214 valence electrons. The van der Waals surface area contributed by atoms with E-state index in [2.05, 4.69) is 30.7 Å². The summed E-state index contributed by atoms with van der Waals surface area (Å²) >= 11 is 4.26. The number of aliphatic hydroxyl groups excluding tert-OH is 1. The van der Waals surface area contributed by atoms with E-state index in [1.165, 1.54) is 24.8 Å². The quantitative estimate of drug-likeness (QED) is 0.379. The first-order chi connectivity index (χ1) is 19.0. The number of hydrogen-bond acceptors (Lipinski definition) is 6. The Labute approximate surface area is 239 Å². The van der Waals surface area contributed by atoms with Crippen molar-refractivity contribution in [3.8, 4) is 5.69 Å². The van der Waals surface area contributed by atoms with Gasteiger partial charge in [0.1, 0.15) is 5.82 Å². The molecule has 40 heavy (non-hydrogen) atoms.